The van der Waals surface area contributed by atoms with Gasteiger partial charge in [0.1, 0.15) is 5.82 Å². The third kappa shape index (κ3) is 5.71. The average Bonchev–Trinajstić information content (AvgIpc) is 2.79. The van der Waals surface area contributed by atoms with Crippen molar-refractivity contribution in [1.29, 1.82) is 0 Å². The first-order chi connectivity index (χ1) is 15.1. The second-order valence-electron chi connectivity index (χ2n) is 8.15. The monoisotopic (exact) mass is 434 g/mol. The third-order valence-electron chi connectivity index (χ3n) is 5.68. The highest BCUT2D eigenvalue weighted by Gasteiger charge is 2.14. The second-order valence-corrected chi connectivity index (χ2v) is 8.56. The van der Waals surface area contributed by atoms with Gasteiger partial charge in [-0.3, -0.25) is 0 Å². The highest BCUT2D eigenvalue weighted by atomic mass is 32.1. The summed E-state index contributed by atoms with van der Waals surface area (Å²) < 4.78 is 5.46. The van der Waals surface area contributed by atoms with Gasteiger partial charge in [0.25, 0.3) is 0 Å². The quantitative estimate of drug-likeness (QED) is 0.549. The zero-order chi connectivity index (χ0) is 21.6. The van der Waals surface area contributed by atoms with Crippen LogP contribution in [0.25, 0.3) is 10.9 Å². The molecule has 162 valence electrons. The lowest BCUT2D eigenvalue weighted by atomic mass is 10.1. The van der Waals surface area contributed by atoms with E-state index >= 15 is 0 Å². The Morgan fingerprint density at radius 3 is 2.68 bits per heavy atom. The lowest BCUT2D eigenvalue weighted by Gasteiger charge is -2.28. The summed E-state index contributed by atoms with van der Waals surface area (Å²) in [6.45, 7) is 7.60. The van der Waals surface area contributed by atoms with Crippen molar-refractivity contribution in [2.45, 2.75) is 32.7 Å². The molecule has 31 heavy (non-hydrogen) atoms. The maximum absolute atomic E-state index is 5.55. The topological polar surface area (TPSA) is 49.4 Å². The highest BCUT2D eigenvalue weighted by molar-refractivity contribution is 7.80. The third-order valence-corrected chi connectivity index (χ3v) is 5.90. The van der Waals surface area contributed by atoms with Gasteiger partial charge in [-0.05, 0) is 74.3 Å². The number of aryl methyl sites for hydroxylation is 2. The molecule has 0 spiro atoms. The van der Waals surface area contributed by atoms with E-state index in [0.29, 0.717) is 11.2 Å². The van der Waals surface area contributed by atoms with Crippen molar-refractivity contribution in [3.05, 3.63) is 65.7 Å². The summed E-state index contributed by atoms with van der Waals surface area (Å²) in [5, 5.41) is 8.52. The highest BCUT2D eigenvalue weighted by Crippen LogP contribution is 2.26. The Bertz CT molecular complexity index is 1030. The van der Waals surface area contributed by atoms with Crippen LogP contribution in [0, 0.1) is 6.92 Å². The van der Waals surface area contributed by atoms with E-state index in [0.717, 1.165) is 61.6 Å². The van der Waals surface area contributed by atoms with Crippen LogP contribution in [0.2, 0.25) is 0 Å². The van der Waals surface area contributed by atoms with Crippen LogP contribution >= 0.6 is 12.2 Å². The SMILES string of the molecule is Cc1cc(N2CCOCC2)nc2ccc(NC(=S)NC(C)CCc3ccccc3)cc12. The fourth-order valence-corrected chi connectivity index (χ4v) is 4.22. The fraction of sp³-hybridized carbons (Fsp3) is 0.360. The molecule has 0 bridgehead atoms. The predicted molar refractivity (Wildman–Crippen MR) is 133 cm³/mol. The lowest BCUT2D eigenvalue weighted by Crippen LogP contribution is -2.36. The van der Waals surface area contributed by atoms with Gasteiger partial charge in [-0.15, -0.1) is 0 Å². The predicted octanol–water partition coefficient (Wildman–Crippen LogP) is 4.69. The Kier molecular flexibility index (Phi) is 6.99. The molecule has 5 nitrogen and oxygen atoms in total. The first-order valence-corrected chi connectivity index (χ1v) is 11.3. The van der Waals surface area contributed by atoms with Gasteiger partial charge in [0.2, 0.25) is 0 Å². The van der Waals surface area contributed by atoms with Crippen LogP contribution in [0.1, 0.15) is 24.5 Å². The summed E-state index contributed by atoms with van der Waals surface area (Å²) in [4.78, 5) is 7.17. The summed E-state index contributed by atoms with van der Waals surface area (Å²) in [5.41, 5.74) is 4.54. The van der Waals surface area contributed by atoms with Gasteiger partial charge in [-0.2, -0.15) is 0 Å². The van der Waals surface area contributed by atoms with Crippen LogP contribution in [-0.4, -0.2) is 42.4 Å². The molecule has 0 aliphatic carbocycles. The molecule has 1 atom stereocenters. The number of fused-ring (bicyclic) bond motifs is 1. The molecule has 0 amide bonds. The van der Waals surface area contributed by atoms with Gasteiger partial charge in [-0.1, -0.05) is 30.3 Å². The van der Waals surface area contributed by atoms with Crippen LogP contribution in [0.15, 0.2) is 54.6 Å². The summed E-state index contributed by atoms with van der Waals surface area (Å²) in [6.07, 6.45) is 2.06. The number of nitrogens with one attached hydrogen (secondary N) is 2. The van der Waals surface area contributed by atoms with E-state index in [-0.39, 0.29) is 0 Å². The summed E-state index contributed by atoms with van der Waals surface area (Å²) in [7, 11) is 0. The fourth-order valence-electron chi connectivity index (χ4n) is 3.90. The number of anilines is 2. The van der Waals surface area contributed by atoms with E-state index in [9.17, 15) is 0 Å². The zero-order valence-corrected chi connectivity index (χ0v) is 19.0. The van der Waals surface area contributed by atoms with Crippen molar-refractivity contribution in [2.24, 2.45) is 0 Å². The molecule has 1 aliphatic rings. The van der Waals surface area contributed by atoms with Gasteiger partial charge in [0.15, 0.2) is 5.11 Å². The van der Waals surface area contributed by atoms with E-state index in [2.05, 4.69) is 77.9 Å². The van der Waals surface area contributed by atoms with E-state index in [1.165, 1.54) is 11.1 Å². The Morgan fingerprint density at radius 2 is 1.90 bits per heavy atom. The molecule has 1 saturated heterocycles. The first-order valence-electron chi connectivity index (χ1n) is 10.9. The second kappa shape index (κ2) is 10.1. The lowest BCUT2D eigenvalue weighted by molar-refractivity contribution is 0.122. The molecule has 2 heterocycles. The molecule has 2 N–H and O–H groups in total. The number of hydrogen-bond donors (Lipinski definition) is 2. The maximum atomic E-state index is 5.55. The van der Waals surface area contributed by atoms with Crippen molar-refractivity contribution in [3.63, 3.8) is 0 Å². The van der Waals surface area contributed by atoms with E-state index < -0.39 is 0 Å². The molecular weight excluding hydrogens is 404 g/mol. The molecular formula is C25H30N4OS. The summed E-state index contributed by atoms with van der Waals surface area (Å²) >= 11 is 5.55. The zero-order valence-electron chi connectivity index (χ0n) is 18.2. The van der Waals surface area contributed by atoms with E-state index in [4.69, 9.17) is 21.9 Å². The number of hydrogen-bond acceptors (Lipinski definition) is 4. The molecule has 1 fully saturated rings. The number of nitrogens with zero attached hydrogens (tertiary/aromatic N) is 2. The van der Waals surface area contributed by atoms with Crippen molar-refractivity contribution >= 4 is 39.7 Å². The van der Waals surface area contributed by atoms with Gasteiger partial charge in [0.05, 0.1) is 18.7 Å². The molecule has 4 rings (SSSR count). The van der Waals surface area contributed by atoms with Crippen LogP contribution < -0.4 is 15.5 Å². The number of thiocarbonyl (C=S) groups is 1. The Balaban J connectivity index is 1.37. The maximum Gasteiger partial charge on any atom is 0.170 e. The number of morpholine rings is 1. The van der Waals surface area contributed by atoms with Crippen LogP contribution in [-0.2, 0) is 11.2 Å². The molecule has 0 saturated carbocycles. The average molecular weight is 435 g/mol. The molecule has 3 aromatic rings. The number of ether oxygens (including phenoxy) is 1. The van der Waals surface area contributed by atoms with Gasteiger partial charge in [0, 0.05) is 30.2 Å². The summed E-state index contributed by atoms with van der Waals surface area (Å²) in [5.74, 6) is 1.03. The minimum absolute atomic E-state index is 0.292. The van der Waals surface area contributed by atoms with E-state index in [1.54, 1.807) is 0 Å². The normalized spacial score (nSPS) is 15.0. The van der Waals surface area contributed by atoms with Crippen LogP contribution in [0.4, 0.5) is 11.5 Å². The minimum atomic E-state index is 0.292. The van der Waals surface area contributed by atoms with Crippen molar-refractivity contribution in [1.82, 2.24) is 10.3 Å². The molecule has 1 aromatic heterocycles. The van der Waals surface area contributed by atoms with Crippen molar-refractivity contribution in [3.8, 4) is 0 Å². The smallest absolute Gasteiger partial charge is 0.170 e. The van der Waals surface area contributed by atoms with E-state index in [1.807, 2.05) is 6.07 Å². The Morgan fingerprint density at radius 1 is 1.13 bits per heavy atom. The largest absolute Gasteiger partial charge is 0.378 e. The Labute approximate surface area is 189 Å². The number of pyridine rings is 1. The standard InChI is InChI=1S/C25H30N4OS/c1-18-16-24(29-12-14-30-15-13-29)28-23-11-10-21(17-22(18)23)27-25(31)26-19(2)8-9-20-6-4-3-5-7-20/h3-7,10-11,16-17,19H,8-9,12-15H2,1-2H3,(H2,26,27,31). The molecule has 0 radical (unpaired) electrons. The minimum Gasteiger partial charge on any atom is -0.378 e. The molecule has 2 aromatic carbocycles. The molecule has 1 aliphatic heterocycles. The van der Waals surface area contributed by atoms with Gasteiger partial charge >= 0.3 is 0 Å². The number of benzene rings is 2. The van der Waals surface area contributed by atoms with Crippen molar-refractivity contribution < 1.29 is 4.74 Å². The number of rotatable bonds is 6. The summed E-state index contributed by atoms with van der Waals surface area (Å²) in [6, 6.07) is 19.2. The Hall–Kier alpha value is -2.70. The van der Waals surface area contributed by atoms with Crippen LogP contribution in [0.3, 0.4) is 0 Å². The van der Waals surface area contributed by atoms with Gasteiger partial charge in [-0.25, -0.2) is 4.98 Å². The molecule has 6 heteroatoms. The molecule has 1 unspecified atom stereocenters. The first kappa shape index (κ1) is 21.5. The van der Waals surface area contributed by atoms with Crippen molar-refractivity contribution in [2.75, 3.05) is 36.5 Å². The van der Waals surface area contributed by atoms with Crippen LogP contribution in [0.5, 0.6) is 0 Å². The number of aromatic nitrogens is 1. The van der Waals surface area contributed by atoms with Gasteiger partial charge < -0.3 is 20.3 Å².